The second-order valence-corrected chi connectivity index (χ2v) is 4.67. The van der Waals surface area contributed by atoms with E-state index >= 15 is 0 Å². The zero-order valence-electron chi connectivity index (χ0n) is 12.5. The number of alkyl carbamates (subject to hydrolysis) is 1. The predicted octanol–water partition coefficient (Wildman–Crippen LogP) is 3.03. The van der Waals surface area contributed by atoms with Crippen LogP contribution in [0.4, 0.5) is 10.5 Å². The number of amides is 1. The summed E-state index contributed by atoms with van der Waals surface area (Å²) in [4.78, 5) is 22.0. The van der Waals surface area contributed by atoms with Gasteiger partial charge in [-0.25, -0.2) is 4.79 Å². The number of hydrogen-bond donors (Lipinski definition) is 1. The molecule has 0 saturated carbocycles. The van der Waals surface area contributed by atoms with Gasteiger partial charge in [0.2, 0.25) is 0 Å². The van der Waals surface area contributed by atoms with Gasteiger partial charge in [0.1, 0.15) is 12.4 Å². The Hall–Kier alpha value is -3.09. The Morgan fingerprint density at radius 3 is 2.61 bits per heavy atom. The van der Waals surface area contributed by atoms with E-state index in [2.05, 4.69) is 5.32 Å². The maximum Gasteiger partial charge on any atom is 0.407 e. The highest BCUT2D eigenvalue weighted by Crippen LogP contribution is 2.23. The number of nitrogens with zero attached hydrogens (tertiary/aromatic N) is 1. The van der Waals surface area contributed by atoms with E-state index in [-0.39, 0.29) is 18.8 Å². The van der Waals surface area contributed by atoms with Crippen LogP contribution in [0.15, 0.2) is 48.5 Å². The Kier molecular flexibility index (Phi) is 5.51. The van der Waals surface area contributed by atoms with Gasteiger partial charge in [0.25, 0.3) is 5.69 Å². The molecule has 0 fully saturated rings. The number of benzene rings is 2. The van der Waals surface area contributed by atoms with Crippen LogP contribution in [0.1, 0.15) is 11.1 Å². The molecule has 7 nitrogen and oxygen atoms in total. The molecular weight excluding hydrogens is 300 g/mol. The average Bonchev–Trinajstić information content (AvgIpc) is 2.58. The summed E-state index contributed by atoms with van der Waals surface area (Å²) in [5.41, 5.74) is 1.30. The van der Waals surface area contributed by atoms with Gasteiger partial charge in [-0.1, -0.05) is 30.3 Å². The molecule has 0 heterocycles. The quantitative estimate of drug-likeness (QED) is 0.653. The molecule has 0 radical (unpaired) electrons. The summed E-state index contributed by atoms with van der Waals surface area (Å²) in [6.45, 7) is 0.219. The number of nitrogens with one attached hydrogen (secondary N) is 1. The first-order valence-electron chi connectivity index (χ1n) is 6.86. The van der Waals surface area contributed by atoms with Crippen molar-refractivity contribution in [3.05, 3.63) is 69.8 Å². The molecule has 1 N–H and O–H groups in total. The normalized spacial score (nSPS) is 9.96. The SMILES string of the molecule is COc1ccc([N+](=O)[O-])cc1CNC(=O)OCc1ccccc1. The molecule has 2 aromatic rings. The van der Waals surface area contributed by atoms with Crippen LogP contribution in [-0.2, 0) is 17.9 Å². The molecule has 0 spiro atoms. The van der Waals surface area contributed by atoms with Crippen LogP contribution >= 0.6 is 0 Å². The van der Waals surface area contributed by atoms with Gasteiger partial charge in [-0.05, 0) is 11.6 Å². The minimum absolute atomic E-state index is 0.0679. The molecule has 23 heavy (non-hydrogen) atoms. The van der Waals surface area contributed by atoms with Crippen LogP contribution in [-0.4, -0.2) is 18.1 Å². The zero-order chi connectivity index (χ0) is 16.7. The van der Waals surface area contributed by atoms with Crippen molar-refractivity contribution in [3.8, 4) is 5.75 Å². The van der Waals surface area contributed by atoms with Crippen molar-refractivity contribution in [2.75, 3.05) is 7.11 Å². The van der Waals surface area contributed by atoms with Gasteiger partial charge in [0, 0.05) is 17.7 Å². The topological polar surface area (TPSA) is 90.7 Å². The first kappa shape index (κ1) is 16.3. The summed E-state index contributed by atoms with van der Waals surface area (Å²) < 4.78 is 10.2. The predicted molar refractivity (Wildman–Crippen MR) is 83.1 cm³/mol. The molecule has 2 aromatic carbocycles. The summed E-state index contributed by atoms with van der Waals surface area (Å²) in [5, 5.41) is 13.3. The van der Waals surface area contributed by atoms with E-state index in [1.807, 2.05) is 30.3 Å². The van der Waals surface area contributed by atoms with Crippen molar-refractivity contribution in [3.63, 3.8) is 0 Å². The Morgan fingerprint density at radius 1 is 1.22 bits per heavy atom. The summed E-state index contributed by atoms with van der Waals surface area (Å²) in [5.74, 6) is 0.457. The highest BCUT2D eigenvalue weighted by Gasteiger charge is 2.12. The minimum atomic E-state index is -0.609. The second-order valence-electron chi connectivity index (χ2n) is 4.67. The molecule has 1 amide bonds. The summed E-state index contributed by atoms with van der Waals surface area (Å²) >= 11 is 0. The molecule has 2 rings (SSSR count). The van der Waals surface area contributed by atoms with Gasteiger partial charge in [0.05, 0.1) is 18.6 Å². The van der Waals surface area contributed by atoms with Crippen molar-refractivity contribution in [2.45, 2.75) is 13.2 Å². The van der Waals surface area contributed by atoms with Gasteiger partial charge >= 0.3 is 6.09 Å². The van der Waals surface area contributed by atoms with Crippen molar-refractivity contribution in [2.24, 2.45) is 0 Å². The third kappa shape index (κ3) is 4.70. The van der Waals surface area contributed by atoms with E-state index in [1.165, 1.54) is 25.3 Å². The largest absolute Gasteiger partial charge is 0.496 e. The molecular formula is C16H16N2O5. The lowest BCUT2D eigenvalue weighted by Crippen LogP contribution is -2.24. The smallest absolute Gasteiger partial charge is 0.407 e. The summed E-state index contributed by atoms with van der Waals surface area (Å²) in [6, 6.07) is 13.5. The Balaban J connectivity index is 1.93. The number of methoxy groups -OCH3 is 1. The van der Waals surface area contributed by atoms with E-state index in [9.17, 15) is 14.9 Å². The number of hydrogen-bond acceptors (Lipinski definition) is 5. The van der Waals surface area contributed by atoms with E-state index in [4.69, 9.17) is 9.47 Å². The second kappa shape index (κ2) is 7.79. The van der Waals surface area contributed by atoms with Crippen LogP contribution in [0.25, 0.3) is 0 Å². The monoisotopic (exact) mass is 316 g/mol. The van der Waals surface area contributed by atoms with E-state index in [0.29, 0.717) is 11.3 Å². The molecule has 0 saturated heterocycles. The Bertz CT molecular complexity index is 688. The molecule has 0 bridgehead atoms. The molecule has 0 aliphatic carbocycles. The molecule has 0 aromatic heterocycles. The third-order valence-electron chi connectivity index (χ3n) is 3.11. The van der Waals surface area contributed by atoms with Crippen LogP contribution in [0.3, 0.4) is 0 Å². The number of carbonyl (C=O) groups excluding carboxylic acids is 1. The van der Waals surface area contributed by atoms with Crippen LogP contribution < -0.4 is 10.1 Å². The molecule has 0 aliphatic heterocycles. The van der Waals surface area contributed by atoms with Crippen molar-refractivity contribution in [1.29, 1.82) is 0 Å². The first-order chi connectivity index (χ1) is 11.1. The van der Waals surface area contributed by atoms with Gasteiger partial charge < -0.3 is 14.8 Å². The lowest BCUT2D eigenvalue weighted by Gasteiger charge is -2.10. The van der Waals surface area contributed by atoms with Crippen molar-refractivity contribution < 1.29 is 19.2 Å². The molecule has 0 atom stereocenters. The van der Waals surface area contributed by atoms with Crippen molar-refractivity contribution in [1.82, 2.24) is 5.32 Å². The number of carbonyl (C=O) groups is 1. The van der Waals surface area contributed by atoms with Crippen LogP contribution in [0, 0.1) is 10.1 Å². The number of non-ortho nitro benzene ring substituents is 1. The lowest BCUT2D eigenvalue weighted by atomic mass is 10.2. The summed E-state index contributed by atoms with van der Waals surface area (Å²) in [6.07, 6.45) is -0.609. The van der Waals surface area contributed by atoms with Crippen LogP contribution in [0.2, 0.25) is 0 Å². The molecule has 7 heteroatoms. The summed E-state index contributed by atoms with van der Waals surface area (Å²) in [7, 11) is 1.46. The number of ether oxygens (including phenoxy) is 2. The maximum absolute atomic E-state index is 11.7. The van der Waals surface area contributed by atoms with Crippen LogP contribution in [0.5, 0.6) is 5.75 Å². The highest BCUT2D eigenvalue weighted by molar-refractivity contribution is 5.67. The van der Waals surface area contributed by atoms with Gasteiger partial charge in [0.15, 0.2) is 0 Å². The number of rotatable bonds is 6. The fourth-order valence-corrected chi connectivity index (χ4v) is 1.96. The van der Waals surface area contributed by atoms with Gasteiger partial charge in [-0.3, -0.25) is 10.1 Å². The van der Waals surface area contributed by atoms with Crippen molar-refractivity contribution >= 4 is 11.8 Å². The Morgan fingerprint density at radius 2 is 1.96 bits per heavy atom. The average molecular weight is 316 g/mol. The zero-order valence-corrected chi connectivity index (χ0v) is 12.5. The molecule has 120 valence electrons. The number of nitro benzene ring substituents is 1. The van der Waals surface area contributed by atoms with E-state index < -0.39 is 11.0 Å². The van der Waals surface area contributed by atoms with E-state index in [0.717, 1.165) is 5.56 Å². The maximum atomic E-state index is 11.7. The first-order valence-corrected chi connectivity index (χ1v) is 6.86. The highest BCUT2D eigenvalue weighted by atomic mass is 16.6. The van der Waals surface area contributed by atoms with E-state index in [1.54, 1.807) is 0 Å². The van der Waals surface area contributed by atoms with Gasteiger partial charge in [-0.15, -0.1) is 0 Å². The lowest BCUT2D eigenvalue weighted by molar-refractivity contribution is -0.384. The molecule has 0 aliphatic rings. The molecule has 0 unspecified atom stereocenters. The Labute approximate surface area is 133 Å². The van der Waals surface area contributed by atoms with Gasteiger partial charge in [-0.2, -0.15) is 0 Å². The fourth-order valence-electron chi connectivity index (χ4n) is 1.96. The minimum Gasteiger partial charge on any atom is -0.496 e. The number of nitro groups is 1. The standard InChI is InChI=1S/C16H16N2O5/c1-22-15-8-7-14(18(20)21)9-13(15)10-17-16(19)23-11-12-5-3-2-4-6-12/h2-9H,10-11H2,1H3,(H,17,19). The third-order valence-corrected chi connectivity index (χ3v) is 3.11. The fraction of sp³-hybridized carbons (Fsp3) is 0.188.